The van der Waals surface area contributed by atoms with Crippen LogP contribution < -0.4 is 4.90 Å². The second-order valence-corrected chi connectivity index (χ2v) is 7.48. The van der Waals surface area contributed by atoms with Crippen molar-refractivity contribution in [3.63, 3.8) is 0 Å². The molecule has 0 unspecified atom stereocenters. The zero-order chi connectivity index (χ0) is 20.2. The van der Waals surface area contributed by atoms with Crippen LogP contribution in [0.4, 0.5) is 10.1 Å². The second kappa shape index (κ2) is 8.66. The van der Waals surface area contributed by atoms with E-state index in [9.17, 15) is 9.18 Å². The molecule has 0 atom stereocenters. The Balaban J connectivity index is 1.32. The Morgan fingerprint density at radius 2 is 1.72 bits per heavy atom. The summed E-state index contributed by atoms with van der Waals surface area (Å²) >= 11 is 5.95. The quantitative estimate of drug-likeness (QED) is 0.621. The van der Waals surface area contributed by atoms with Gasteiger partial charge in [0.25, 0.3) is 0 Å². The van der Waals surface area contributed by atoms with E-state index in [2.05, 4.69) is 10.1 Å². The molecule has 1 fully saturated rings. The van der Waals surface area contributed by atoms with Crippen molar-refractivity contribution >= 4 is 23.2 Å². The Labute approximate surface area is 173 Å². The largest absolute Gasteiger partial charge is 0.368 e. The Morgan fingerprint density at radius 1 is 1.03 bits per heavy atom. The molecule has 0 bridgehead atoms. The summed E-state index contributed by atoms with van der Waals surface area (Å²) in [5.74, 6) is -0.182. The number of carbonyl (C=O) groups excluding carboxylic acids is 1. The molecule has 5 nitrogen and oxygen atoms in total. The van der Waals surface area contributed by atoms with Gasteiger partial charge in [0, 0.05) is 54.4 Å². The first kappa shape index (κ1) is 19.5. The number of hydrogen-bond acceptors (Lipinski definition) is 4. The van der Waals surface area contributed by atoms with Crippen LogP contribution in [0.1, 0.15) is 12.0 Å². The Kier molecular flexibility index (Phi) is 5.81. The van der Waals surface area contributed by atoms with E-state index in [0.29, 0.717) is 31.6 Å². The molecule has 150 valence electrons. The van der Waals surface area contributed by atoms with Crippen molar-refractivity contribution in [3.05, 3.63) is 71.2 Å². The third-order valence-corrected chi connectivity index (χ3v) is 5.45. The average molecular weight is 414 g/mol. The Morgan fingerprint density at radius 3 is 2.41 bits per heavy atom. The first-order valence-corrected chi connectivity index (χ1v) is 9.95. The highest BCUT2D eigenvalue weighted by molar-refractivity contribution is 6.30. The Bertz CT molecular complexity index is 964. The minimum absolute atomic E-state index is 0.118. The van der Waals surface area contributed by atoms with Crippen LogP contribution in [0, 0.1) is 5.82 Å². The lowest BCUT2D eigenvalue weighted by Gasteiger charge is -2.36. The van der Waals surface area contributed by atoms with E-state index in [1.54, 1.807) is 18.4 Å². The maximum atomic E-state index is 13.1. The molecule has 1 aromatic heterocycles. The summed E-state index contributed by atoms with van der Waals surface area (Å²) in [6.45, 7) is 2.97. The van der Waals surface area contributed by atoms with Crippen LogP contribution in [0.15, 0.2) is 59.3 Å². The third kappa shape index (κ3) is 4.59. The molecule has 1 saturated heterocycles. The number of piperazine rings is 1. The van der Waals surface area contributed by atoms with E-state index in [1.807, 2.05) is 29.2 Å². The lowest BCUT2D eigenvalue weighted by atomic mass is 10.0. The molecule has 2 aromatic carbocycles. The van der Waals surface area contributed by atoms with Gasteiger partial charge < -0.3 is 14.3 Å². The zero-order valence-corrected chi connectivity index (χ0v) is 16.6. The number of aromatic nitrogens is 1. The van der Waals surface area contributed by atoms with Crippen molar-refractivity contribution < 1.29 is 13.7 Å². The number of aryl methyl sites for hydroxylation is 1. The first-order chi connectivity index (χ1) is 14.1. The highest BCUT2D eigenvalue weighted by Gasteiger charge is 2.22. The van der Waals surface area contributed by atoms with Gasteiger partial charge >= 0.3 is 0 Å². The normalized spacial score (nSPS) is 14.3. The van der Waals surface area contributed by atoms with Crippen molar-refractivity contribution in [2.45, 2.75) is 12.8 Å². The average Bonchev–Trinajstić information content (AvgIpc) is 3.22. The number of carbonyl (C=O) groups is 1. The molecule has 4 rings (SSSR count). The summed E-state index contributed by atoms with van der Waals surface area (Å²) in [4.78, 5) is 16.8. The molecule has 0 saturated carbocycles. The fraction of sp³-hybridized carbons (Fsp3) is 0.273. The third-order valence-electron chi connectivity index (χ3n) is 5.19. The lowest BCUT2D eigenvalue weighted by molar-refractivity contribution is -0.131. The SMILES string of the molecule is O=C(CCc1conc1-c1ccc(F)cc1)N1CCN(c2ccc(Cl)cc2)CC1. The number of benzene rings is 2. The standard InChI is InChI=1S/C22H21ClFN3O2/c23-18-4-8-20(9-5-18)26-11-13-27(14-12-26)21(28)10-3-17-15-29-25-22(17)16-1-6-19(24)7-2-16/h1-2,4-9,15H,3,10-14H2. The molecular weight excluding hydrogens is 393 g/mol. The van der Waals surface area contributed by atoms with Gasteiger partial charge in [-0.1, -0.05) is 16.8 Å². The van der Waals surface area contributed by atoms with Crippen molar-refractivity contribution in [3.8, 4) is 11.3 Å². The number of hydrogen-bond donors (Lipinski definition) is 0. The molecule has 1 amide bonds. The highest BCUT2D eigenvalue weighted by atomic mass is 35.5. The Hall–Kier alpha value is -2.86. The van der Waals surface area contributed by atoms with Crippen LogP contribution in [0.3, 0.4) is 0 Å². The van der Waals surface area contributed by atoms with Crippen LogP contribution in [-0.4, -0.2) is 42.1 Å². The molecule has 1 aliphatic rings. The van der Waals surface area contributed by atoms with Crippen molar-refractivity contribution in [2.24, 2.45) is 0 Å². The molecule has 7 heteroatoms. The number of rotatable bonds is 5. The smallest absolute Gasteiger partial charge is 0.223 e. The van der Waals surface area contributed by atoms with E-state index in [0.717, 1.165) is 34.9 Å². The van der Waals surface area contributed by atoms with Crippen LogP contribution in [-0.2, 0) is 11.2 Å². The summed E-state index contributed by atoms with van der Waals surface area (Å²) in [5.41, 5.74) is 3.41. The predicted molar refractivity (Wildman–Crippen MR) is 110 cm³/mol. The molecule has 0 aliphatic carbocycles. The fourth-order valence-electron chi connectivity index (χ4n) is 3.55. The predicted octanol–water partition coefficient (Wildman–Crippen LogP) is 4.42. The van der Waals surface area contributed by atoms with Gasteiger partial charge in [-0.25, -0.2) is 4.39 Å². The topological polar surface area (TPSA) is 49.6 Å². The van der Waals surface area contributed by atoms with Gasteiger partial charge in [-0.15, -0.1) is 0 Å². The fourth-order valence-corrected chi connectivity index (χ4v) is 3.67. The zero-order valence-electron chi connectivity index (χ0n) is 15.9. The van der Waals surface area contributed by atoms with E-state index in [-0.39, 0.29) is 11.7 Å². The molecule has 2 heterocycles. The summed E-state index contributed by atoms with van der Waals surface area (Å²) in [6, 6.07) is 13.9. The summed E-state index contributed by atoms with van der Waals surface area (Å²) in [5, 5.41) is 4.74. The monoisotopic (exact) mass is 413 g/mol. The number of nitrogens with zero attached hydrogens (tertiary/aromatic N) is 3. The molecular formula is C22H21ClFN3O2. The molecule has 1 aliphatic heterocycles. The highest BCUT2D eigenvalue weighted by Crippen LogP contribution is 2.24. The summed E-state index contributed by atoms with van der Waals surface area (Å²) in [7, 11) is 0. The maximum Gasteiger partial charge on any atom is 0.223 e. The first-order valence-electron chi connectivity index (χ1n) is 9.57. The van der Waals surface area contributed by atoms with Crippen molar-refractivity contribution in [2.75, 3.05) is 31.1 Å². The van der Waals surface area contributed by atoms with Gasteiger partial charge in [0.15, 0.2) is 0 Å². The van der Waals surface area contributed by atoms with Gasteiger partial charge in [0.2, 0.25) is 5.91 Å². The summed E-state index contributed by atoms with van der Waals surface area (Å²) in [6.07, 6.45) is 2.48. The van der Waals surface area contributed by atoms with Crippen molar-refractivity contribution in [1.29, 1.82) is 0 Å². The van der Waals surface area contributed by atoms with Crippen LogP contribution in [0.25, 0.3) is 11.3 Å². The van der Waals surface area contributed by atoms with Gasteiger partial charge in [-0.2, -0.15) is 0 Å². The lowest BCUT2D eigenvalue weighted by Crippen LogP contribution is -2.48. The maximum absolute atomic E-state index is 13.1. The molecule has 0 radical (unpaired) electrons. The molecule has 3 aromatic rings. The number of anilines is 1. The number of halogens is 2. The summed E-state index contributed by atoms with van der Waals surface area (Å²) < 4.78 is 18.2. The van der Waals surface area contributed by atoms with Gasteiger partial charge in [0.05, 0.1) is 0 Å². The van der Waals surface area contributed by atoms with Gasteiger partial charge in [0.1, 0.15) is 17.8 Å². The molecule has 0 spiro atoms. The second-order valence-electron chi connectivity index (χ2n) is 7.04. The number of amides is 1. The molecule has 0 N–H and O–H groups in total. The van der Waals surface area contributed by atoms with E-state index in [4.69, 9.17) is 16.1 Å². The van der Waals surface area contributed by atoms with Crippen molar-refractivity contribution in [1.82, 2.24) is 10.1 Å². The van der Waals surface area contributed by atoms with E-state index < -0.39 is 0 Å². The van der Waals surface area contributed by atoms with Crippen LogP contribution in [0.5, 0.6) is 0 Å². The van der Waals surface area contributed by atoms with E-state index >= 15 is 0 Å². The van der Waals surface area contributed by atoms with Crippen LogP contribution in [0.2, 0.25) is 5.02 Å². The minimum atomic E-state index is -0.299. The van der Waals surface area contributed by atoms with E-state index in [1.165, 1.54) is 12.1 Å². The van der Waals surface area contributed by atoms with Gasteiger partial charge in [-0.05, 0) is 55.0 Å². The van der Waals surface area contributed by atoms with Gasteiger partial charge in [-0.3, -0.25) is 4.79 Å². The minimum Gasteiger partial charge on any atom is -0.368 e. The van der Waals surface area contributed by atoms with Crippen LogP contribution >= 0.6 is 11.6 Å². The molecule has 29 heavy (non-hydrogen) atoms.